The molecule has 0 fully saturated rings. The van der Waals surface area contributed by atoms with E-state index in [1.54, 1.807) is 38.1 Å². The lowest BCUT2D eigenvalue weighted by Gasteiger charge is -2.22. The molecule has 1 heterocycles. The number of nitrogens with one attached hydrogen (secondary N) is 3. The monoisotopic (exact) mass is 495 g/mol. The number of fused-ring (bicyclic) bond motifs is 1. The summed E-state index contributed by atoms with van der Waals surface area (Å²) in [6, 6.07) is 9.71. The van der Waals surface area contributed by atoms with Crippen LogP contribution in [0.2, 0.25) is 5.02 Å². The maximum Gasteiger partial charge on any atom is 0.243 e. The van der Waals surface area contributed by atoms with E-state index in [2.05, 4.69) is 15.4 Å². The van der Waals surface area contributed by atoms with Crippen molar-refractivity contribution in [3.63, 3.8) is 0 Å². The zero-order chi connectivity index (χ0) is 24.0. The number of amides is 2. The van der Waals surface area contributed by atoms with Gasteiger partial charge in [0.2, 0.25) is 21.8 Å². The zero-order valence-electron chi connectivity index (χ0n) is 18.3. The number of anilines is 1. The largest absolute Gasteiger partial charge is 0.490 e. The number of hydrogen-bond donors (Lipinski definition) is 3. The van der Waals surface area contributed by atoms with E-state index in [4.69, 9.17) is 21.1 Å². The van der Waals surface area contributed by atoms with Crippen LogP contribution < -0.4 is 24.8 Å². The Morgan fingerprint density at radius 3 is 2.36 bits per heavy atom. The van der Waals surface area contributed by atoms with E-state index in [1.807, 2.05) is 0 Å². The van der Waals surface area contributed by atoms with Crippen molar-refractivity contribution in [3.05, 3.63) is 47.5 Å². The van der Waals surface area contributed by atoms with Crippen LogP contribution in [0.25, 0.3) is 0 Å². The summed E-state index contributed by atoms with van der Waals surface area (Å²) in [5.74, 6) is -0.649. The molecule has 33 heavy (non-hydrogen) atoms. The van der Waals surface area contributed by atoms with E-state index in [0.29, 0.717) is 41.8 Å². The van der Waals surface area contributed by atoms with E-state index >= 15 is 0 Å². The number of benzene rings is 2. The summed E-state index contributed by atoms with van der Waals surface area (Å²) in [5, 5.41) is 5.63. The van der Waals surface area contributed by atoms with Crippen molar-refractivity contribution >= 4 is 39.1 Å². The first kappa shape index (κ1) is 24.8. The fourth-order valence-corrected chi connectivity index (χ4v) is 4.54. The van der Waals surface area contributed by atoms with Crippen LogP contribution in [0, 0.1) is 5.92 Å². The van der Waals surface area contributed by atoms with Crippen molar-refractivity contribution < 1.29 is 27.5 Å². The normalized spacial score (nSPS) is 14.3. The van der Waals surface area contributed by atoms with Gasteiger partial charge in [-0.1, -0.05) is 25.4 Å². The quantitative estimate of drug-likeness (QED) is 0.517. The van der Waals surface area contributed by atoms with Gasteiger partial charge in [0.05, 0.1) is 24.7 Å². The molecule has 3 N–H and O–H groups in total. The number of ether oxygens (including phenoxy) is 2. The van der Waals surface area contributed by atoms with Crippen molar-refractivity contribution in [3.8, 4) is 11.5 Å². The summed E-state index contributed by atoms with van der Waals surface area (Å²) in [4.78, 5) is 24.8. The minimum absolute atomic E-state index is 0.0503. The first-order valence-electron chi connectivity index (χ1n) is 10.4. The maximum atomic E-state index is 13.0. The third-order valence-corrected chi connectivity index (χ3v) is 6.50. The van der Waals surface area contributed by atoms with Gasteiger partial charge in [0.15, 0.2) is 11.5 Å². The number of hydrogen-bond acceptors (Lipinski definition) is 6. The average Bonchev–Trinajstić information content (AvgIpc) is 3.02. The number of carbonyl (C=O) groups is 2. The highest BCUT2D eigenvalue weighted by atomic mass is 35.5. The third kappa shape index (κ3) is 6.83. The van der Waals surface area contributed by atoms with Crippen LogP contribution in [-0.4, -0.2) is 46.0 Å². The second-order valence-corrected chi connectivity index (χ2v) is 9.93. The predicted molar refractivity (Wildman–Crippen MR) is 124 cm³/mol. The van der Waals surface area contributed by atoms with E-state index in [9.17, 15) is 18.0 Å². The first-order valence-corrected chi connectivity index (χ1v) is 12.3. The molecule has 11 heteroatoms. The molecule has 0 aromatic heterocycles. The lowest BCUT2D eigenvalue weighted by Crippen LogP contribution is -2.50. The van der Waals surface area contributed by atoms with Crippen LogP contribution in [0.3, 0.4) is 0 Å². The molecule has 1 atom stereocenters. The highest BCUT2D eigenvalue weighted by Gasteiger charge is 2.29. The Kier molecular flexibility index (Phi) is 8.17. The van der Waals surface area contributed by atoms with Crippen molar-refractivity contribution in [2.45, 2.75) is 31.2 Å². The summed E-state index contributed by atoms with van der Waals surface area (Å²) < 4.78 is 39.4. The predicted octanol–water partition coefficient (Wildman–Crippen LogP) is 2.56. The standard InChI is InChI=1S/C22H26ClN3O6S/c1-14(2)21(22(28)24-13-20(27)25-16-6-4-15(23)5-7-16)26-33(29,30)17-8-9-18-19(12-17)32-11-3-10-31-18/h4-9,12,14,21,26H,3,10-11,13H2,1-2H3,(H,24,28)(H,25,27). The molecule has 0 aliphatic carbocycles. The van der Waals surface area contributed by atoms with Gasteiger partial charge >= 0.3 is 0 Å². The minimum Gasteiger partial charge on any atom is -0.490 e. The molecule has 0 spiro atoms. The number of carbonyl (C=O) groups excluding carboxylic acids is 2. The lowest BCUT2D eigenvalue weighted by atomic mass is 10.1. The van der Waals surface area contributed by atoms with Gasteiger partial charge in [-0.25, -0.2) is 8.42 Å². The van der Waals surface area contributed by atoms with Crippen molar-refractivity contribution in [2.75, 3.05) is 25.1 Å². The van der Waals surface area contributed by atoms with Gasteiger partial charge in [-0.2, -0.15) is 4.72 Å². The van der Waals surface area contributed by atoms with E-state index in [0.717, 1.165) is 0 Å². The molecule has 9 nitrogen and oxygen atoms in total. The second kappa shape index (κ2) is 10.9. The van der Waals surface area contributed by atoms with Gasteiger partial charge in [-0.05, 0) is 42.3 Å². The van der Waals surface area contributed by atoms with Gasteiger partial charge in [0.25, 0.3) is 0 Å². The molecule has 0 saturated carbocycles. The zero-order valence-corrected chi connectivity index (χ0v) is 19.8. The van der Waals surface area contributed by atoms with Crippen LogP contribution in [0.15, 0.2) is 47.4 Å². The summed E-state index contributed by atoms with van der Waals surface area (Å²) in [6.45, 7) is 3.98. The Morgan fingerprint density at radius 2 is 1.70 bits per heavy atom. The molecule has 2 aromatic rings. The molecule has 0 saturated heterocycles. The number of rotatable bonds is 8. The van der Waals surface area contributed by atoms with Gasteiger partial charge in [0, 0.05) is 23.2 Å². The lowest BCUT2D eigenvalue weighted by molar-refractivity contribution is -0.126. The molecule has 3 rings (SSSR count). The van der Waals surface area contributed by atoms with E-state index in [-0.39, 0.29) is 17.4 Å². The molecule has 178 valence electrons. The summed E-state index contributed by atoms with van der Waals surface area (Å²) >= 11 is 5.82. The Labute approximate surface area is 197 Å². The SMILES string of the molecule is CC(C)C(NS(=O)(=O)c1ccc2c(c1)OCCCO2)C(=O)NCC(=O)Nc1ccc(Cl)cc1. The fourth-order valence-electron chi connectivity index (χ4n) is 3.05. The Morgan fingerprint density at radius 1 is 1.03 bits per heavy atom. The fraction of sp³-hybridized carbons (Fsp3) is 0.364. The van der Waals surface area contributed by atoms with Crippen LogP contribution in [0.5, 0.6) is 11.5 Å². The topological polar surface area (TPSA) is 123 Å². The van der Waals surface area contributed by atoms with E-state index < -0.39 is 27.9 Å². The van der Waals surface area contributed by atoms with E-state index in [1.165, 1.54) is 18.2 Å². The molecule has 2 aromatic carbocycles. The third-order valence-electron chi connectivity index (χ3n) is 4.81. The molecule has 1 unspecified atom stereocenters. The van der Waals surface area contributed by atoms with Crippen LogP contribution in [0.4, 0.5) is 5.69 Å². The Hall–Kier alpha value is -2.82. The minimum atomic E-state index is -4.05. The van der Waals surface area contributed by atoms with Gasteiger partial charge in [-0.3, -0.25) is 9.59 Å². The van der Waals surface area contributed by atoms with Crippen LogP contribution in [0.1, 0.15) is 20.3 Å². The summed E-state index contributed by atoms with van der Waals surface area (Å²) in [7, 11) is -4.05. The maximum absolute atomic E-state index is 13.0. The molecule has 0 bridgehead atoms. The molecule has 1 aliphatic rings. The van der Waals surface area contributed by atoms with Gasteiger partial charge in [0.1, 0.15) is 6.04 Å². The summed E-state index contributed by atoms with van der Waals surface area (Å²) in [5.41, 5.74) is 0.522. The van der Waals surface area contributed by atoms with Gasteiger partial charge in [-0.15, -0.1) is 0 Å². The highest BCUT2D eigenvalue weighted by Crippen LogP contribution is 2.32. The van der Waals surface area contributed by atoms with Crippen LogP contribution in [-0.2, 0) is 19.6 Å². The van der Waals surface area contributed by atoms with Crippen LogP contribution >= 0.6 is 11.6 Å². The van der Waals surface area contributed by atoms with Crippen molar-refractivity contribution in [1.82, 2.24) is 10.0 Å². The van der Waals surface area contributed by atoms with Gasteiger partial charge < -0.3 is 20.1 Å². The Bertz CT molecular complexity index is 1110. The molecule has 2 amide bonds. The molecule has 1 aliphatic heterocycles. The summed E-state index contributed by atoms with van der Waals surface area (Å²) in [6.07, 6.45) is 0.691. The Balaban J connectivity index is 1.64. The number of sulfonamides is 1. The molecular weight excluding hydrogens is 470 g/mol. The highest BCUT2D eigenvalue weighted by molar-refractivity contribution is 7.89. The number of halogens is 1. The van der Waals surface area contributed by atoms with Crippen molar-refractivity contribution in [1.29, 1.82) is 0 Å². The smallest absolute Gasteiger partial charge is 0.243 e. The van der Waals surface area contributed by atoms with Crippen molar-refractivity contribution in [2.24, 2.45) is 5.92 Å². The average molecular weight is 496 g/mol. The second-order valence-electron chi connectivity index (χ2n) is 7.77. The first-order chi connectivity index (χ1) is 15.7. The molecule has 0 radical (unpaired) electrons. The molecular formula is C22H26ClN3O6S.